The predicted octanol–water partition coefficient (Wildman–Crippen LogP) is 5.69. The van der Waals surface area contributed by atoms with Crippen LogP contribution in [0.25, 0.3) is 0 Å². The van der Waals surface area contributed by atoms with Gasteiger partial charge >= 0.3 is 0 Å². The van der Waals surface area contributed by atoms with Crippen LogP contribution in [0.2, 0.25) is 0 Å². The lowest BCUT2D eigenvalue weighted by Gasteiger charge is -2.18. The monoisotopic (exact) mass is 302 g/mol. The second-order valence-corrected chi connectivity index (χ2v) is 7.95. The Balaban J connectivity index is 2.05. The highest BCUT2D eigenvalue weighted by Crippen LogP contribution is 2.29. The van der Waals surface area contributed by atoms with Gasteiger partial charge in [0.25, 0.3) is 0 Å². The number of benzene rings is 2. The molecule has 0 aliphatic carbocycles. The molecule has 0 aliphatic heterocycles. The van der Waals surface area contributed by atoms with E-state index in [0.29, 0.717) is 0 Å². The van der Waals surface area contributed by atoms with E-state index in [-0.39, 0.29) is 4.75 Å². The van der Waals surface area contributed by atoms with Crippen molar-refractivity contribution < 1.29 is 4.74 Å². The Morgan fingerprint density at radius 3 is 2.00 bits per heavy atom. The predicted molar refractivity (Wildman–Crippen MR) is 92.0 cm³/mol. The van der Waals surface area contributed by atoms with Crippen LogP contribution in [0.3, 0.4) is 0 Å². The first-order chi connectivity index (χ1) is 9.44. The molecule has 0 atom stereocenters. The summed E-state index contributed by atoms with van der Waals surface area (Å²) in [6.45, 7) is 6.49. The first-order valence-corrected chi connectivity index (χ1v) is 7.73. The van der Waals surface area contributed by atoms with E-state index < -0.39 is 0 Å². The third-order valence-corrected chi connectivity index (χ3v) is 3.99. The van der Waals surface area contributed by atoms with Crippen molar-refractivity contribution in [2.24, 2.45) is 0 Å². The van der Waals surface area contributed by atoms with Crippen LogP contribution in [0.5, 0.6) is 11.5 Å². The normalized spacial score (nSPS) is 11.2. The second-order valence-electron chi connectivity index (χ2n) is 5.44. The molecule has 0 saturated carbocycles. The number of hydrogen-bond donors (Lipinski definition) is 0. The number of hydrogen-bond acceptors (Lipinski definition) is 3. The molecule has 0 spiro atoms. The van der Waals surface area contributed by atoms with Crippen molar-refractivity contribution in [3.63, 3.8) is 0 Å². The molecule has 1 nitrogen and oxygen atoms in total. The van der Waals surface area contributed by atoms with Gasteiger partial charge in [0, 0.05) is 4.75 Å². The quantitative estimate of drug-likeness (QED) is 0.674. The summed E-state index contributed by atoms with van der Waals surface area (Å²) in [5, 5.41) is 0. The van der Waals surface area contributed by atoms with Gasteiger partial charge in [0.2, 0.25) is 0 Å². The Kier molecular flexibility index (Phi) is 4.84. The molecule has 0 aromatic heterocycles. The molecule has 0 aliphatic rings. The minimum Gasteiger partial charge on any atom is -0.457 e. The molecular formula is C17H18OS2. The van der Waals surface area contributed by atoms with Gasteiger partial charge in [-0.1, -0.05) is 51.2 Å². The fraction of sp³-hybridized carbons (Fsp3) is 0.235. The van der Waals surface area contributed by atoms with Crippen LogP contribution in [0, 0.1) is 0 Å². The van der Waals surface area contributed by atoms with Crippen LogP contribution in [-0.4, -0.2) is 8.94 Å². The summed E-state index contributed by atoms with van der Waals surface area (Å²) in [5.74, 6) is 1.66. The molecule has 2 rings (SSSR count). The fourth-order valence-corrected chi connectivity index (χ4v) is 3.32. The summed E-state index contributed by atoms with van der Waals surface area (Å²) in [4.78, 5) is 0. The number of ether oxygens (including phenoxy) is 1. The summed E-state index contributed by atoms with van der Waals surface area (Å²) in [7, 11) is 0. The fourth-order valence-electron chi connectivity index (χ4n) is 1.62. The minimum absolute atomic E-state index is 0.135. The van der Waals surface area contributed by atoms with Crippen molar-refractivity contribution in [1.82, 2.24) is 0 Å². The molecule has 3 heteroatoms. The smallest absolute Gasteiger partial charge is 0.127 e. The summed E-state index contributed by atoms with van der Waals surface area (Å²) in [5.41, 5.74) is 1.07. The third kappa shape index (κ3) is 4.66. The van der Waals surface area contributed by atoms with Crippen molar-refractivity contribution >= 4 is 28.2 Å². The number of para-hydroxylation sites is 1. The van der Waals surface area contributed by atoms with E-state index in [2.05, 4.69) is 20.8 Å². The van der Waals surface area contributed by atoms with E-state index in [1.165, 1.54) is 0 Å². The summed E-state index contributed by atoms with van der Waals surface area (Å²) in [6, 6.07) is 17.7. The SMILES string of the molecule is CC(C)(C)SC(=S)c1ccc(Oc2ccccc2)cc1. The molecule has 0 bridgehead atoms. The molecule has 0 unspecified atom stereocenters. The van der Waals surface area contributed by atoms with Crippen LogP contribution in [0.1, 0.15) is 26.3 Å². The maximum Gasteiger partial charge on any atom is 0.127 e. The van der Waals surface area contributed by atoms with Crippen LogP contribution >= 0.6 is 24.0 Å². The van der Waals surface area contributed by atoms with Crippen LogP contribution in [0.15, 0.2) is 54.6 Å². The Hall–Kier alpha value is -1.32. The van der Waals surface area contributed by atoms with Gasteiger partial charge in [-0.05, 0) is 42.0 Å². The van der Waals surface area contributed by atoms with Crippen molar-refractivity contribution in [3.05, 3.63) is 60.2 Å². The largest absolute Gasteiger partial charge is 0.457 e. The third-order valence-electron chi connectivity index (χ3n) is 2.47. The Bertz CT molecular complexity index is 568. The molecule has 0 radical (unpaired) electrons. The number of thioether (sulfide) groups is 1. The summed E-state index contributed by atoms with van der Waals surface area (Å²) >= 11 is 7.17. The zero-order chi connectivity index (χ0) is 14.6. The maximum absolute atomic E-state index is 5.76. The van der Waals surface area contributed by atoms with Crippen LogP contribution < -0.4 is 4.74 Å². The lowest BCUT2D eigenvalue weighted by Crippen LogP contribution is -2.11. The Morgan fingerprint density at radius 2 is 1.45 bits per heavy atom. The standard InChI is InChI=1S/C17H18OS2/c1-17(2,3)20-16(19)13-9-11-15(12-10-13)18-14-7-5-4-6-8-14/h4-12H,1-3H3. The zero-order valence-electron chi connectivity index (χ0n) is 11.9. The van der Waals surface area contributed by atoms with Crippen molar-refractivity contribution in [2.75, 3.05) is 0 Å². The van der Waals surface area contributed by atoms with Gasteiger partial charge in [-0.25, -0.2) is 0 Å². The van der Waals surface area contributed by atoms with Gasteiger partial charge < -0.3 is 4.74 Å². The Labute approximate surface area is 130 Å². The lowest BCUT2D eigenvalue weighted by atomic mass is 10.2. The first-order valence-electron chi connectivity index (χ1n) is 6.50. The van der Waals surface area contributed by atoms with E-state index in [9.17, 15) is 0 Å². The highest BCUT2D eigenvalue weighted by molar-refractivity contribution is 8.24. The van der Waals surface area contributed by atoms with Gasteiger partial charge in [0.05, 0.1) is 4.20 Å². The van der Waals surface area contributed by atoms with Gasteiger partial charge in [0.1, 0.15) is 11.5 Å². The molecule has 2 aromatic rings. The number of rotatable bonds is 3. The van der Waals surface area contributed by atoms with Crippen molar-refractivity contribution in [1.29, 1.82) is 0 Å². The van der Waals surface area contributed by atoms with Crippen LogP contribution in [-0.2, 0) is 0 Å². The van der Waals surface area contributed by atoms with E-state index in [0.717, 1.165) is 21.3 Å². The first kappa shape index (κ1) is 15.1. The van der Waals surface area contributed by atoms with Gasteiger partial charge in [-0.2, -0.15) is 0 Å². The molecule has 20 heavy (non-hydrogen) atoms. The minimum atomic E-state index is 0.135. The molecule has 0 amide bonds. The molecule has 0 N–H and O–H groups in total. The molecular weight excluding hydrogens is 284 g/mol. The summed E-state index contributed by atoms with van der Waals surface area (Å²) < 4.78 is 6.82. The van der Waals surface area contributed by atoms with Gasteiger partial charge in [-0.3, -0.25) is 0 Å². The topological polar surface area (TPSA) is 9.23 Å². The molecule has 0 heterocycles. The van der Waals surface area contributed by atoms with Gasteiger partial charge in [-0.15, -0.1) is 11.8 Å². The maximum atomic E-state index is 5.76. The average Bonchev–Trinajstić information content (AvgIpc) is 2.39. The second kappa shape index (κ2) is 6.42. The van der Waals surface area contributed by atoms with E-state index >= 15 is 0 Å². The molecule has 104 valence electrons. The van der Waals surface area contributed by atoms with Crippen LogP contribution in [0.4, 0.5) is 0 Å². The summed E-state index contributed by atoms with van der Waals surface area (Å²) in [6.07, 6.45) is 0. The van der Waals surface area contributed by atoms with Gasteiger partial charge in [0.15, 0.2) is 0 Å². The van der Waals surface area contributed by atoms with E-state index in [1.54, 1.807) is 11.8 Å². The molecule has 0 fully saturated rings. The van der Waals surface area contributed by atoms with Crippen molar-refractivity contribution in [2.45, 2.75) is 25.5 Å². The average molecular weight is 302 g/mol. The van der Waals surface area contributed by atoms with E-state index in [1.807, 2.05) is 54.6 Å². The highest BCUT2D eigenvalue weighted by Gasteiger charge is 2.15. The lowest BCUT2D eigenvalue weighted by molar-refractivity contribution is 0.482. The Morgan fingerprint density at radius 1 is 0.900 bits per heavy atom. The number of thiocarbonyl (C=S) groups is 1. The van der Waals surface area contributed by atoms with E-state index in [4.69, 9.17) is 17.0 Å². The molecule has 2 aromatic carbocycles. The molecule has 0 saturated heterocycles. The zero-order valence-corrected chi connectivity index (χ0v) is 13.6. The van der Waals surface area contributed by atoms with Crippen molar-refractivity contribution in [3.8, 4) is 11.5 Å². The highest BCUT2D eigenvalue weighted by atomic mass is 32.2.